The normalized spacial score (nSPS) is 11.7. The van der Waals surface area contributed by atoms with E-state index in [-0.39, 0.29) is 35.3 Å². The Morgan fingerprint density at radius 1 is 1.40 bits per heavy atom. The van der Waals surface area contributed by atoms with Gasteiger partial charge in [-0.3, -0.25) is 4.79 Å². The Bertz CT molecular complexity index is 463. The Kier molecular flexibility index (Phi) is 7.62. The molecule has 1 amide bonds. The van der Waals surface area contributed by atoms with Crippen LogP contribution in [0.3, 0.4) is 0 Å². The number of furan rings is 1. The van der Waals surface area contributed by atoms with Crippen molar-refractivity contribution >= 4 is 35.8 Å². The van der Waals surface area contributed by atoms with Crippen LogP contribution in [0.4, 0.5) is 0 Å². The summed E-state index contributed by atoms with van der Waals surface area (Å²) in [7, 11) is 0. The summed E-state index contributed by atoms with van der Waals surface area (Å²) in [6.07, 6.45) is 0. The number of primary amides is 1. The summed E-state index contributed by atoms with van der Waals surface area (Å²) in [5, 5.41) is 6.41. The fourth-order valence-electron chi connectivity index (χ4n) is 1.41. The number of amides is 1. The van der Waals surface area contributed by atoms with Gasteiger partial charge in [-0.2, -0.15) is 0 Å². The van der Waals surface area contributed by atoms with Crippen molar-refractivity contribution in [1.82, 2.24) is 10.6 Å². The van der Waals surface area contributed by atoms with Crippen LogP contribution < -0.4 is 16.4 Å². The molecule has 0 aliphatic heterocycles. The first-order valence-corrected chi connectivity index (χ1v) is 6.27. The molecule has 0 aromatic carbocycles. The first-order valence-electron chi connectivity index (χ1n) is 6.27. The van der Waals surface area contributed by atoms with Gasteiger partial charge >= 0.3 is 0 Å². The predicted octanol–water partition coefficient (Wildman–Crippen LogP) is 1.85. The Labute approximate surface area is 136 Å². The second-order valence-electron chi connectivity index (χ2n) is 5.20. The van der Waals surface area contributed by atoms with Gasteiger partial charge in [0.1, 0.15) is 12.3 Å². The number of nitrogens with zero attached hydrogens (tertiary/aromatic N) is 1. The van der Waals surface area contributed by atoms with Gasteiger partial charge in [-0.25, -0.2) is 4.99 Å². The number of hydrogen-bond acceptors (Lipinski definition) is 3. The van der Waals surface area contributed by atoms with Crippen LogP contribution in [-0.4, -0.2) is 24.0 Å². The highest BCUT2D eigenvalue weighted by molar-refractivity contribution is 14.0. The Balaban J connectivity index is 0.00000361. The Morgan fingerprint density at radius 2 is 2.05 bits per heavy atom. The van der Waals surface area contributed by atoms with Gasteiger partial charge in [-0.1, -0.05) is 0 Å². The molecule has 20 heavy (non-hydrogen) atoms. The maximum atomic E-state index is 10.9. The lowest BCUT2D eigenvalue weighted by molar-refractivity contribution is 0.0972. The van der Waals surface area contributed by atoms with Crippen molar-refractivity contribution in [1.29, 1.82) is 0 Å². The van der Waals surface area contributed by atoms with Gasteiger partial charge in [0.05, 0.1) is 0 Å². The molecule has 1 heterocycles. The summed E-state index contributed by atoms with van der Waals surface area (Å²) in [6.45, 7) is 9.27. The van der Waals surface area contributed by atoms with E-state index in [0.29, 0.717) is 18.3 Å². The number of rotatable bonds is 4. The van der Waals surface area contributed by atoms with Gasteiger partial charge in [0.2, 0.25) is 0 Å². The van der Waals surface area contributed by atoms with E-state index in [2.05, 4.69) is 36.4 Å². The fourth-order valence-corrected chi connectivity index (χ4v) is 1.41. The first-order chi connectivity index (χ1) is 8.81. The molecule has 0 radical (unpaired) electrons. The number of nitrogens with one attached hydrogen (secondary N) is 2. The number of nitrogens with two attached hydrogens (primary N) is 1. The molecular weight excluding hydrogens is 371 g/mol. The summed E-state index contributed by atoms with van der Waals surface area (Å²) in [4.78, 5) is 15.3. The molecule has 1 aromatic heterocycles. The third-order valence-electron chi connectivity index (χ3n) is 2.14. The SMILES string of the molecule is CCNC(=NCc1ccc(C(N)=O)o1)NC(C)(C)C.I. The third-order valence-corrected chi connectivity index (χ3v) is 2.14. The quantitative estimate of drug-likeness (QED) is 0.413. The largest absolute Gasteiger partial charge is 0.454 e. The van der Waals surface area contributed by atoms with Crippen molar-refractivity contribution in [3.05, 3.63) is 23.7 Å². The van der Waals surface area contributed by atoms with Crippen molar-refractivity contribution < 1.29 is 9.21 Å². The zero-order valence-corrected chi connectivity index (χ0v) is 14.6. The van der Waals surface area contributed by atoms with E-state index in [1.807, 2.05) is 6.92 Å². The summed E-state index contributed by atoms with van der Waals surface area (Å²) in [5.74, 6) is 0.876. The molecule has 7 heteroatoms. The molecule has 1 aromatic rings. The smallest absolute Gasteiger partial charge is 0.284 e. The van der Waals surface area contributed by atoms with Crippen LogP contribution in [0.2, 0.25) is 0 Å². The number of hydrogen-bond donors (Lipinski definition) is 3. The third kappa shape index (κ3) is 6.78. The number of halogens is 1. The highest BCUT2D eigenvalue weighted by Crippen LogP contribution is 2.08. The minimum absolute atomic E-state index is 0. The minimum Gasteiger partial charge on any atom is -0.454 e. The zero-order chi connectivity index (χ0) is 14.5. The first kappa shape index (κ1) is 18.8. The van der Waals surface area contributed by atoms with E-state index < -0.39 is 5.91 Å². The lowest BCUT2D eigenvalue weighted by Crippen LogP contribution is -2.47. The van der Waals surface area contributed by atoms with E-state index in [0.717, 1.165) is 6.54 Å². The molecule has 0 fully saturated rings. The molecule has 114 valence electrons. The molecular formula is C13H23IN4O2. The Morgan fingerprint density at radius 3 is 2.50 bits per heavy atom. The minimum atomic E-state index is -0.574. The molecule has 0 atom stereocenters. The number of carbonyl (C=O) groups is 1. The van der Waals surface area contributed by atoms with Crippen molar-refractivity contribution in [2.24, 2.45) is 10.7 Å². The number of aliphatic imine (C=N–C) groups is 1. The molecule has 0 aliphatic rings. The maximum Gasteiger partial charge on any atom is 0.284 e. The van der Waals surface area contributed by atoms with Crippen LogP contribution in [-0.2, 0) is 6.54 Å². The van der Waals surface area contributed by atoms with Crippen LogP contribution in [0.25, 0.3) is 0 Å². The van der Waals surface area contributed by atoms with Crippen LogP contribution in [0, 0.1) is 0 Å². The van der Waals surface area contributed by atoms with Gasteiger partial charge < -0.3 is 20.8 Å². The number of guanidine groups is 1. The maximum absolute atomic E-state index is 10.9. The van der Waals surface area contributed by atoms with Crippen LogP contribution in [0.15, 0.2) is 21.5 Å². The fraction of sp³-hybridized carbons (Fsp3) is 0.538. The zero-order valence-electron chi connectivity index (χ0n) is 12.3. The molecule has 0 bridgehead atoms. The summed E-state index contributed by atoms with van der Waals surface area (Å²) >= 11 is 0. The van der Waals surface area contributed by atoms with Crippen molar-refractivity contribution in [3.8, 4) is 0 Å². The lowest BCUT2D eigenvalue weighted by atomic mass is 10.1. The van der Waals surface area contributed by atoms with E-state index in [1.165, 1.54) is 0 Å². The van der Waals surface area contributed by atoms with Crippen LogP contribution in [0.1, 0.15) is 44.0 Å². The second kappa shape index (κ2) is 8.13. The molecule has 0 spiro atoms. The lowest BCUT2D eigenvalue weighted by Gasteiger charge is -2.23. The van der Waals surface area contributed by atoms with Crippen LogP contribution >= 0.6 is 24.0 Å². The van der Waals surface area contributed by atoms with E-state index in [4.69, 9.17) is 10.2 Å². The molecule has 4 N–H and O–H groups in total. The molecule has 0 saturated heterocycles. The topological polar surface area (TPSA) is 92.6 Å². The van der Waals surface area contributed by atoms with Gasteiger partial charge in [0.25, 0.3) is 5.91 Å². The highest BCUT2D eigenvalue weighted by Gasteiger charge is 2.12. The number of carbonyl (C=O) groups excluding carboxylic acids is 1. The van der Waals surface area contributed by atoms with Crippen molar-refractivity contribution in [2.75, 3.05) is 6.54 Å². The standard InChI is InChI=1S/C13H22N4O2.HI/c1-5-15-12(17-13(2,3)4)16-8-9-6-7-10(19-9)11(14)18;/h6-7H,5,8H2,1-4H3,(H2,14,18)(H2,15,16,17);1H. The average Bonchev–Trinajstić information content (AvgIpc) is 2.73. The van der Waals surface area contributed by atoms with Gasteiger partial charge in [0.15, 0.2) is 11.7 Å². The van der Waals surface area contributed by atoms with Gasteiger partial charge in [0, 0.05) is 12.1 Å². The average molecular weight is 394 g/mol. The molecule has 0 unspecified atom stereocenters. The second-order valence-corrected chi connectivity index (χ2v) is 5.20. The van der Waals surface area contributed by atoms with Crippen molar-refractivity contribution in [2.45, 2.75) is 39.8 Å². The predicted molar refractivity (Wildman–Crippen MR) is 90.3 cm³/mol. The summed E-state index contributed by atoms with van der Waals surface area (Å²) in [6, 6.07) is 3.25. The summed E-state index contributed by atoms with van der Waals surface area (Å²) < 4.78 is 5.27. The molecule has 1 rings (SSSR count). The monoisotopic (exact) mass is 394 g/mol. The summed E-state index contributed by atoms with van der Waals surface area (Å²) in [5.41, 5.74) is 5.04. The van der Waals surface area contributed by atoms with E-state index in [9.17, 15) is 4.79 Å². The molecule has 6 nitrogen and oxygen atoms in total. The Hall–Kier alpha value is -1.25. The van der Waals surface area contributed by atoms with E-state index >= 15 is 0 Å². The molecule has 0 aliphatic carbocycles. The molecule has 0 saturated carbocycles. The van der Waals surface area contributed by atoms with Crippen molar-refractivity contribution in [3.63, 3.8) is 0 Å². The highest BCUT2D eigenvalue weighted by atomic mass is 127. The van der Waals surface area contributed by atoms with Gasteiger partial charge in [-0.05, 0) is 39.8 Å². The van der Waals surface area contributed by atoms with Crippen LogP contribution in [0.5, 0.6) is 0 Å². The van der Waals surface area contributed by atoms with Gasteiger partial charge in [-0.15, -0.1) is 24.0 Å². The van der Waals surface area contributed by atoms with E-state index in [1.54, 1.807) is 12.1 Å².